The molecule has 0 aliphatic rings. The third kappa shape index (κ3) is 6.13. The summed E-state index contributed by atoms with van der Waals surface area (Å²) in [5.41, 5.74) is 17.1. The van der Waals surface area contributed by atoms with E-state index in [4.69, 9.17) is 17.2 Å². The van der Waals surface area contributed by atoms with Crippen LogP contribution in [0.4, 0.5) is 0 Å². The number of carbonyl (C=O) groups is 1. The molecule has 0 radical (unpaired) electrons. The molecule has 1 unspecified atom stereocenters. The molecule has 7 heteroatoms. The average molecular weight is 293 g/mol. The van der Waals surface area contributed by atoms with Crippen molar-refractivity contribution >= 4 is 11.9 Å². The monoisotopic (exact) mass is 293 g/mol. The minimum atomic E-state index is -0.598. The molecule has 0 aliphatic carbocycles. The lowest BCUT2D eigenvalue weighted by Gasteiger charge is -2.17. The summed E-state index contributed by atoms with van der Waals surface area (Å²) in [6.45, 7) is 2.31. The first-order chi connectivity index (χ1) is 9.90. The van der Waals surface area contributed by atoms with Crippen molar-refractivity contribution in [1.29, 1.82) is 0 Å². The molecule has 116 valence electrons. The molecular weight excluding hydrogens is 270 g/mol. The molecule has 1 amide bonds. The molecule has 0 spiro atoms. The highest BCUT2D eigenvalue weighted by molar-refractivity contribution is 5.81. The Morgan fingerprint density at radius 1 is 1.33 bits per heavy atom. The first-order valence-corrected chi connectivity index (χ1v) is 6.80. The Bertz CT molecular complexity index is 483. The Hall–Kier alpha value is -2.28. The third-order valence-electron chi connectivity index (χ3n) is 3.06. The van der Waals surface area contributed by atoms with Gasteiger partial charge in [-0.05, 0) is 37.5 Å². The smallest absolute Gasteiger partial charge is 0.237 e. The largest absolute Gasteiger partial charge is 0.508 e. The molecule has 7 nitrogen and oxygen atoms in total. The summed E-state index contributed by atoms with van der Waals surface area (Å²) in [5.74, 6) is 0.00274. The number of carbonyl (C=O) groups excluding carboxylic acids is 1. The zero-order chi connectivity index (χ0) is 15.8. The SMILES string of the molecule is CC(NC(=O)[C@@H](N)CCCN=C(N)N)c1ccc(O)cc1. The first-order valence-electron chi connectivity index (χ1n) is 6.80. The standard InChI is InChI=1S/C14H23N5O2/c1-9(10-4-6-11(20)7-5-10)19-13(21)12(15)3-2-8-18-14(16)17/h4-7,9,12,20H,2-3,8,15H2,1H3,(H,19,21)(H4,16,17,18)/t9?,12-/m0/s1. The van der Waals surface area contributed by atoms with Crippen LogP contribution in [0.3, 0.4) is 0 Å². The van der Waals surface area contributed by atoms with Gasteiger partial charge in [-0.2, -0.15) is 0 Å². The van der Waals surface area contributed by atoms with Gasteiger partial charge in [0.15, 0.2) is 5.96 Å². The van der Waals surface area contributed by atoms with E-state index in [-0.39, 0.29) is 23.7 Å². The Morgan fingerprint density at radius 3 is 2.52 bits per heavy atom. The van der Waals surface area contributed by atoms with E-state index >= 15 is 0 Å². The number of hydrogen-bond acceptors (Lipinski definition) is 4. The van der Waals surface area contributed by atoms with E-state index in [2.05, 4.69) is 10.3 Å². The number of benzene rings is 1. The minimum absolute atomic E-state index is 0.0361. The van der Waals surface area contributed by atoms with Crippen LogP contribution < -0.4 is 22.5 Å². The molecule has 8 N–H and O–H groups in total. The molecule has 0 heterocycles. The number of amides is 1. The van der Waals surface area contributed by atoms with Crippen LogP contribution in [0.2, 0.25) is 0 Å². The molecule has 2 atom stereocenters. The van der Waals surface area contributed by atoms with Crippen LogP contribution in [0.25, 0.3) is 0 Å². The number of rotatable bonds is 7. The zero-order valence-corrected chi connectivity index (χ0v) is 12.1. The summed E-state index contributed by atoms with van der Waals surface area (Å²) in [6.07, 6.45) is 1.14. The van der Waals surface area contributed by atoms with Crippen LogP contribution in [0, 0.1) is 0 Å². The van der Waals surface area contributed by atoms with Gasteiger partial charge in [0.1, 0.15) is 5.75 Å². The van der Waals surface area contributed by atoms with Crippen molar-refractivity contribution in [3.63, 3.8) is 0 Å². The number of phenols is 1. The van der Waals surface area contributed by atoms with Crippen LogP contribution in [-0.2, 0) is 4.79 Å². The fourth-order valence-corrected chi connectivity index (χ4v) is 1.82. The lowest BCUT2D eigenvalue weighted by molar-refractivity contribution is -0.123. The highest BCUT2D eigenvalue weighted by Gasteiger charge is 2.16. The number of nitrogens with one attached hydrogen (secondary N) is 1. The first kappa shape index (κ1) is 16.8. The molecular formula is C14H23N5O2. The van der Waals surface area contributed by atoms with Crippen molar-refractivity contribution < 1.29 is 9.90 Å². The Morgan fingerprint density at radius 2 is 1.95 bits per heavy atom. The van der Waals surface area contributed by atoms with E-state index in [9.17, 15) is 9.90 Å². The van der Waals surface area contributed by atoms with Gasteiger partial charge in [-0.1, -0.05) is 12.1 Å². The molecule has 1 aromatic carbocycles. The molecule has 0 saturated carbocycles. The third-order valence-corrected chi connectivity index (χ3v) is 3.06. The number of aromatic hydroxyl groups is 1. The van der Waals surface area contributed by atoms with E-state index in [0.29, 0.717) is 19.4 Å². The van der Waals surface area contributed by atoms with Gasteiger partial charge in [0.05, 0.1) is 12.1 Å². The molecule has 0 fully saturated rings. The Labute approximate surface area is 124 Å². The molecule has 0 aliphatic heterocycles. The Kier molecular flexibility index (Phi) is 6.48. The lowest BCUT2D eigenvalue weighted by Crippen LogP contribution is -2.41. The number of nitrogens with zero attached hydrogens (tertiary/aromatic N) is 1. The van der Waals surface area contributed by atoms with Crippen LogP contribution in [0.5, 0.6) is 5.75 Å². The van der Waals surface area contributed by atoms with Crippen molar-refractivity contribution in [2.24, 2.45) is 22.2 Å². The van der Waals surface area contributed by atoms with Gasteiger partial charge in [-0.15, -0.1) is 0 Å². The van der Waals surface area contributed by atoms with E-state index < -0.39 is 6.04 Å². The summed E-state index contributed by atoms with van der Waals surface area (Å²) in [7, 11) is 0. The normalized spacial score (nSPS) is 13.2. The second-order valence-electron chi connectivity index (χ2n) is 4.88. The van der Waals surface area contributed by atoms with Crippen molar-refractivity contribution in [2.75, 3.05) is 6.54 Å². The van der Waals surface area contributed by atoms with Crippen molar-refractivity contribution in [2.45, 2.75) is 31.8 Å². The zero-order valence-electron chi connectivity index (χ0n) is 12.1. The van der Waals surface area contributed by atoms with Crippen LogP contribution >= 0.6 is 0 Å². The number of guanidine groups is 1. The highest BCUT2D eigenvalue weighted by atomic mass is 16.3. The predicted molar refractivity (Wildman–Crippen MR) is 82.6 cm³/mol. The van der Waals surface area contributed by atoms with Crippen LogP contribution in [-0.4, -0.2) is 29.6 Å². The summed E-state index contributed by atoms with van der Waals surface area (Å²) in [6, 6.07) is 5.88. The molecule has 1 rings (SSSR count). The summed E-state index contributed by atoms with van der Waals surface area (Å²) >= 11 is 0. The molecule has 0 saturated heterocycles. The quantitative estimate of drug-likeness (QED) is 0.272. The van der Waals surface area contributed by atoms with E-state index in [0.717, 1.165) is 5.56 Å². The van der Waals surface area contributed by atoms with Crippen LogP contribution in [0.1, 0.15) is 31.4 Å². The van der Waals surface area contributed by atoms with E-state index in [1.807, 2.05) is 6.92 Å². The number of nitrogens with two attached hydrogens (primary N) is 3. The average Bonchev–Trinajstić information content (AvgIpc) is 2.43. The predicted octanol–water partition coefficient (Wildman–Crippen LogP) is -0.0497. The topological polar surface area (TPSA) is 140 Å². The Balaban J connectivity index is 2.41. The molecule has 21 heavy (non-hydrogen) atoms. The van der Waals surface area contributed by atoms with Crippen LogP contribution in [0.15, 0.2) is 29.3 Å². The van der Waals surface area contributed by atoms with E-state index in [1.165, 1.54) is 0 Å². The molecule has 0 aromatic heterocycles. The van der Waals surface area contributed by atoms with Gasteiger partial charge in [0.2, 0.25) is 5.91 Å². The summed E-state index contributed by atoms with van der Waals surface area (Å²) in [4.78, 5) is 15.8. The number of hydrogen-bond donors (Lipinski definition) is 5. The second-order valence-corrected chi connectivity index (χ2v) is 4.88. The maximum Gasteiger partial charge on any atom is 0.237 e. The molecule has 1 aromatic rings. The summed E-state index contributed by atoms with van der Waals surface area (Å²) in [5, 5.41) is 12.1. The second kappa shape index (κ2) is 8.11. The fraction of sp³-hybridized carbons (Fsp3) is 0.429. The maximum atomic E-state index is 12.0. The van der Waals surface area contributed by atoms with Crippen molar-refractivity contribution in [3.8, 4) is 5.75 Å². The number of phenolic OH excluding ortho intramolecular Hbond substituents is 1. The minimum Gasteiger partial charge on any atom is -0.508 e. The van der Waals surface area contributed by atoms with Gasteiger partial charge in [0.25, 0.3) is 0 Å². The fourth-order valence-electron chi connectivity index (χ4n) is 1.82. The van der Waals surface area contributed by atoms with Crippen molar-refractivity contribution in [1.82, 2.24) is 5.32 Å². The van der Waals surface area contributed by atoms with Gasteiger partial charge < -0.3 is 27.6 Å². The van der Waals surface area contributed by atoms with E-state index in [1.54, 1.807) is 24.3 Å². The maximum absolute atomic E-state index is 12.0. The lowest BCUT2D eigenvalue weighted by atomic mass is 10.1. The highest BCUT2D eigenvalue weighted by Crippen LogP contribution is 2.16. The number of aliphatic imine (C=N–C) groups is 1. The summed E-state index contributed by atoms with van der Waals surface area (Å²) < 4.78 is 0. The molecule has 0 bridgehead atoms. The van der Waals surface area contributed by atoms with Gasteiger partial charge in [-0.3, -0.25) is 9.79 Å². The van der Waals surface area contributed by atoms with Gasteiger partial charge in [-0.25, -0.2) is 0 Å². The van der Waals surface area contributed by atoms with Gasteiger partial charge in [0, 0.05) is 6.54 Å². The van der Waals surface area contributed by atoms with Crippen molar-refractivity contribution in [3.05, 3.63) is 29.8 Å². The van der Waals surface area contributed by atoms with Gasteiger partial charge >= 0.3 is 0 Å².